The zero-order chi connectivity index (χ0) is 9.42. The summed E-state index contributed by atoms with van der Waals surface area (Å²) in [7, 11) is 0. The first-order chi connectivity index (χ1) is 6.20. The van der Waals surface area contributed by atoms with Gasteiger partial charge in [-0.2, -0.15) is 5.10 Å². The number of hydrogen-bond acceptors (Lipinski definition) is 4. The van der Waals surface area contributed by atoms with Gasteiger partial charge in [0.2, 0.25) is 4.77 Å². The van der Waals surface area contributed by atoms with Crippen LogP contribution >= 0.6 is 28.1 Å². The Morgan fingerprint density at radius 2 is 2.46 bits per heavy atom. The van der Waals surface area contributed by atoms with Gasteiger partial charge in [-0.15, -0.1) is 0 Å². The van der Waals surface area contributed by atoms with Crippen LogP contribution in [0.15, 0.2) is 21.4 Å². The molecule has 0 aromatic carbocycles. The van der Waals surface area contributed by atoms with Gasteiger partial charge in [-0.05, 0) is 34.2 Å². The van der Waals surface area contributed by atoms with Gasteiger partial charge in [0.25, 0.3) is 0 Å². The number of nitrogens with two attached hydrogens (primary N) is 1. The zero-order valence-corrected chi connectivity index (χ0v) is 8.72. The fourth-order valence-electron chi connectivity index (χ4n) is 0.948. The fourth-order valence-corrected chi connectivity index (χ4v) is 1.50. The van der Waals surface area contributed by atoms with E-state index in [1.165, 1.54) is 10.9 Å². The van der Waals surface area contributed by atoms with Crippen LogP contribution in [0, 0.1) is 4.77 Å². The van der Waals surface area contributed by atoms with Gasteiger partial charge in [-0.25, -0.2) is 9.77 Å². The number of hydrogen-bond donors (Lipinski definition) is 2. The van der Waals surface area contributed by atoms with Crippen LogP contribution < -0.4 is 5.84 Å². The topological polar surface area (TPSA) is 72.8 Å². The number of furan rings is 1. The van der Waals surface area contributed by atoms with Crippen LogP contribution in [0.4, 0.5) is 0 Å². The molecule has 0 saturated carbocycles. The molecule has 0 spiro atoms. The Morgan fingerprint density at radius 3 is 2.92 bits per heavy atom. The van der Waals surface area contributed by atoms with Crippen LogP contribution in [0.3, 0.4) is 0 Å². The Morgan fingerprint density at radius 1 is 1.69 bits per heavy atom. The minimum Gasteiger partial charge on any atom is -0.457 e. The minimum atomic E-state index is 0.364. The average molecular weight is 261 g/mol. The minimum absolute atomic E-state index is 0.364. The van der Waals surface area contributed by atoms with Crippen molar-refractivity contribution >= 4 is 28.1 Å². The van der Waals surface area contributed by atoms with Crippen molar-refractivity contribution in [2.24, 2.45) is 0 Å². The maximum absolute atomic E-state index is 5.62. The first-order valence-electron chi connectivity index (χ1n) is 3.36. The molecule has 0 amide bonds. The third kappa shape index (κ3) is 1.29. The number of aromatic nitrogens is 3. The van der Waals surface area contributed by atoms with Crippen molar-refractivity contribution in [3.63, 3.8) is 0 Å². The molecule has 0 aliphatic rings. The number of nitrogens with zero attached hydrogens (tertiary/aromatic N) is 2. The maximum Gasteiger partial charge on any atom is 0.214 e. The van der Waals surface area contributed by atoms with E-state index in [1.54, 1.807) is 6.07 Å². The number of nitrogen functional groups attached to an aromatic ring is 1. The standard InChI is InChI=1S/C6H5BrN4OS/c7-4-3(1-2-12-4)5-9-10-6(13)11(5)8/h1-2H,8H2,(H,10,13). The molecule has 0 unspecified atom stereocenters. The molecule has 0 radical (unpaired) electrons. The van der Waals surface area contributed by atoms with Crippen LogP contribution in [-0.2, 0) is 0 Å². The SMILES string of the molecule is Nn1c(-c2ccoc2Br)n[nH]c1=S. The van der Waals surface area contributed by atoms with Gasteiger partial charge < -0.3 is 10.3 Å². The lowest BCUT2D eigenvalue weighted by molar-refractivity contribution is 0.542. The fraction of sp³-hybridized carbons (Fsp3) is 0. The van der Waals surface area contributed by atoms with Crippen LogP contribution in [-0.4, -0.2) is 14.9 Å². The molecule has 2 rings (SSSR count). The molecule has 2 aromatic heterocycles. The number of rotatable bonds is 1. The van der Waals surface area contributed by atoms with Crippen molar-refractivity contribution in [2.75, 3.05) is 5.84 Å². The molecule has 68 valence electrons. The van der Waals surface area contributed by atoms with Gasteiger partial charge in [0.15, 0.2) is 10.5 Å². The molecule has 2 heterocycles. The predicted octanol–water partition coefficient (Wildman–Crippen LogP) is 1.68. The summed E-state index contributed by atoms with van der Waals surface area (Å²) in [6.45, 7) is 0. The Kier molecular flexibility index (Phi) is 1.97. The van der Waals surface area contributed by atoms with Crippen molar-refractivity contribution < 1.29 is 4.42 Å². The van der Waals surface area contributed by atoms with E-state index in [2.05, 4.69) is 26.1 Å². The molecular weight excluding hydrogens is 256 g/mol. The molecule has 0 saturated heterocycles. The van der Waals surface area contributed by atoms with Crippen molar-refractivity contribution in [3.05, 3.63) is 21.8 Å². The van der Waals surface area contributed by atoms with Gasteiger partial charge in [0, 0.05) is 0 Å². The van der Waals surface area contributed by atoms with E-state index < -0.39 is 0 Å². The summed E-state index contributed by atoms with van der Waals surface area (Å²) in [5.74, 6) is 6.15. The highest BCUT2D eigenvalue weighted by molar-refractivity contribution is 9.10. The van der Waals surface area contributed by atoms with Crippen LogP contribution in [0.25, 0.3) is 11.4 Å². The number of aromatic amines is 1. The summed E-state index contributed by atoms with van der Waals surface area (Å²) < 4.78 is 7.27. The van der Waals surface area contributed by atoms with Crippen molar-refractivity contribution in [3.8, 4) is 11.4 Å². The highest BCUT2D eigenvalue weighted by Gasteiger charge is 2.11. The summed E-state index contributed by atoms with van der Waals surface area (Å²) in [6, 6.07) is 1.75. The van der Waals surface area contributed by atoms with Gasteiger partial charge in [0.05, 0.1) is 11.8 Å². The first kappa shape index (κ1) is 8.52. The molecule has 0 bridgehead atoms. The van der Waals surface area contributed by atoms with Crippen LogP contribution in [0.1, 0.15) is 0 Å². The Balaban J connectivity index is 2.65. The third-order valence-corrected chi connectivity index (χ3v) is 2.47. The lowest BCUT2D eigenvalue weighted by Gasteiger charge is -1.95. The lowest BCUT2D eigenvalue weighted by atomic mass is 10.3. The summed E-state index contributed by atoms with van der Waals surface area (Å²) in [4.78, 5) is 0. The summed E-state index contributed by atoms with van der Waals surface area (Å²) >= 11 is 8.09. The van der Waals surface area contributed by atoms with E-state index in [-0.39, 0.29) is 0 Å². The Bertz CT molecular complexity index is 485. The van der Waals surface area contributed by atoms with Crippen molar-refractivity contribution in [2.45, 2.75) is 0 Å². The molecule has 7 heteroatoms. The quantitative estimate of drug-likeness (QED) is 0.605. The second-order valence-electron chi connectivity index (χ2n) is 2.33. The smallest absolute Gasteiger partial charge is 0.214 e. The van der Waals surface area contributed by atoms with E-state index in [0.717, 1.165) is 5.56 Å². The Labute approximate surface area is 86.6 Å². The van der Waals surface area contributed by atoms with E-state index in [0.29, 0.717) is 15.3 Å². The van der Waals surface area contributed by atoms with Crippen molar-refractivity contribution in [1.29, 1.82) is 0 Å². The molecule has 0 atom stereocenters. The molecule has 13 heavy (non-hydrogen) atoms. The Hall–Kier alpha value is -1.08. The largest absolute Gasteiger partial charge is 0.457 e. The lowest BCUT2D eigenvalue weighted by Crippen LogP contribution is -2.09. The summed E-state index contributed by atoms with van der Waals surface area (Å²) in [6.07, 6.45) is 1.54. The number of nitrogens with one attached hydrogen (secondary N) is 1. The third-order valence-electron chi connectivity index (χ3n) is 1.56. The van der Waals surface area contributed by atoms with Gasteiger partial charge >= 0.3 is 0 Å². The van der Waals surface area contributed by atoms with E-state index in [1.807, 2.05) is 0 Å². The van der Waals surface area contributed by atoms with Crippen molar-refractivity contribution in [1.82, 2.24) is 14.9 Å². The van der Waals surface area contributed by atoms with Gasteiger partial charge in [-0.3, -0.25) is 0 Å². The predicted molar refractivity (Wildman–Crippen MR) is 53.0 cm³/mol. The van der Waals surface area contributed by atoms with E-state index >= 15 is 0 Å². The molecule has 0 fully saturated rings. The highest BCUT2D eigenvalue weighted by Crippen LogP contribution is 2.26. The van der Waals surface area contributed by atoms with E-state index in [9.17, 15) is 0 Å². The second-order valence-corrected chi connectivity index (χ2v) is 3.44. The molecule has 5 nitrogen and oxygen atoms in total. The first-order valence-corrected chi connectivity index (χ1v) is 4.56. The monoisotopic (exact) mass is 260 g/mol. The highest BCUT2D eigenvalue weighted by atomic mass is 79.9. The number of H-pyrrole nitrogens is 1. The molecule has 3 N–H and O–H groups in total. The van der Waals surface area contributed by atoms with E-state index in [4.69, 9.17) is 22.5 Å². The molecule has 0 aliphatic carbocycles. The van der Waals surface area contributed by atoms with Crippen LogP contribution in [0.2, 0.25) is 0 Å². The average Bonchev–Trinajstić information content (AvgIpc) is 2.62. The normalized spacial score (nSPS) is 10.5. The zero-order valence-electron chi connectivity index (χ0n) is 6.32. The number of halogens is 1. The molecular formula is C6H5BrN4OS. The van der Waals surface area contributed by atoms with Gasteiger partial charge in [-0.1, -0.05) is 0 Å². The van der Waals surface area contributed by atoms with Crippen LogP contribution in [0.5, 0.6) is 0 Å². The summed E-state index contributed by atoms with van der Waals surface area (Å²) in [5, 5.41) is 6.53. The van der Waals surface area contributed by atoms with Gasteiger partial charge in [0.1, 0.15) is 0 Å². The summed E-state index contributed by atoms with van der Waals surface area (Å²) in [5.41, 5.74) is 0.759. The molecule has 0 aliphatic heterocycles. The maximum atomic E-state index is 5.62. The molecule has 2 aromatic rings. The second kappa shape index (κ2) is 3.00.